The number of carbonyl (C=O) groups is 1. The van der Waals surface area contributed by atoms with Crippen molar-refractivity contribution >= 4 is 40.3 Å². The molecule has 3 aliphatic carbocycles. The number of rotatable bonds is 13. The zero-order valence-electron chi connectivity index (χ0n) is 40.0. The fraction of sp³-hybridized carbons (Fsp3) is 0.290. The van der Waals surface area contributed by atoms with Crippen LogP contribution in [0.5, 0.6) is 0 Å². The number of hydrogen-bond acceptors (Lipinski definition) is 3. The fourth-order valence-corrected chi connectivity index (χ4v) is 11.4. The molecule has 0 saturated carbocycles. The Morgan fingerprint density at radius 2 is 1.11 bits per heavy atom. The molecule has 4 nitrogen and oxygen atoms in total. The number of aryl methyl sites for hydroxylation is 1. The van der Waals surface area contributed by atoms with E-state index in [1.54, 1.807) is 6.08 Å². The molecule has 0 bridgehead atoms. The molecule has 4 aliphatic rings. The van der Waals surface area contributed by atoms with Gasteiger partial charge >= 0.3 is 0 Å². The molecule has 0 unspecified atom stereocenters. The number of anilines is 3. The molecule has 332 valence electrons. The van der Waals surface area contributed by atoms with Crippen molar-refractivity contribution < 1.29 is 14.5 Å². The first-order valence-electron chi connectivity index (χ1n) is 24.2. The Morgan fingerprint density at radius 1 is 0.561 bits per heavy atom. The molecule has 0 radical (unpaired) electrons. The fourth-order valence-electron chi connectivity index (χ4n) is 11.4. The Balaban J connectivity index is 0.964. The SMILES string of the molecule is CCCCCCCC[N+]1=C(C=C2C(=O)C(/C=C/c3ccc(N(c4ccc5c(c4)C(C)(C)c4ccccc4-5)c4ccc5c(c4)C(C)(C)c4ccccc4-5)cc3)=C2[O-])C(C)(C)c2cc(C)ccc21. The summed E-state index contributed by atoms with van der Waals surface area (Å²) in [6.45, 7) is 19.0. The van der Waals surface area contributed by atoms with Crippen molar-refractivity contribution in [1.82, 2.24) is 0 Å². The molecule has 1 heterocycles. The predicted octanol–water partition coefficient (Wildman–Crippen LogP) is 14.7. The van der Waals surface area contributed by atoms with Crippen LogP contribution in [0.2, 0.25) is 0 Å². The number of ketones is 1. The molecule has 10 rings (SSSR count). The first-order valence-corrected chi connectivity index (χ1v) is 24.2. The van der Waals surface area contributed by atoms with Crippen molar-refractivity contribution in [2.45, 2.75) is 110 Å². The Morgan fingerprint density at radius 3 is 1.70 bits per heavy atom. The average Bonchev–Trinajstić information content (AvgIpc) is 3.78. The van der Waals surface area contributed by atoms with E-state index in [-0.39, 0.29) is 38.9 Å². The van der Waals surface area contributed by atoms with Crippen LogP contribution in [-0.2, 0) is 21.0 Å². The number of unbranched alkanes of at least 4 members (excludes halogenated alkanes) is 5. The van der Waals surface area contributed by atoms with Crippen molar-refractivity contribution in [2.75, 3.05) is 11.4 Å². The highest BCUT2D eigenvalue weighted by atomic mass is 16.3. The van der Waals surface area contributed by atoms with Crippen LogP contribution >= 0.6 is 0 Å². The lowest BCUT2D eigenvalue weighted by molar-refractivity contribution is -0.438. The average molecular weight is 867 g/mol. The van der Waals surface area contributed by atoms with E-state index in [4.69, 9.17) is 0 Å². The molecule has 0 saturated heterocycles. The monoisotopic (exact) mass is 866 g/mol. The van der Waals surface area contributed by atoms with Gasteiger partial charge in [-0.05, 0) is 120 Å². The second-order valence-electron chi connectivity index (χ2n) is 20.6. The Hall–Kier alpha value is -6.52. The smallest absolute Gasteiger partial charge is 0.209 e. The third kappa shape index (κ3) is 7.03. The van der Waals surface area contributed by atoms with Crippen LogP contribution in [0, 0.1) is 6.92 Å². The van der Waals surface area contributed by atoms with Crippen LogP contribution < -0.4 is 10.0 Å². The van der Waals surface area contributed by atoms with E-state index in [9.17, 15) is 9.90 Å². The van der Waals surface area contributed by atoms with E-state index in [1.807, 2.05) is 12.2 Å². The van der Waals surface area contributed by atoms with Crippen LogP contribution in [0.3, 0.4) is 0 Å². The van der Waals surface area contributed by atoms with Gasteiger partial charge < -0.3 is 10.0 Å². The molecule has 0 fully saturated rings. The number of benzene rings is 6. The summed E-state index contributed by atoms with van der Waals surface area (Å²) in [6, 6.07) is 46.5. The van der Waals surface area contributed by atoms with E-state index >= 15 is 0 Å². The molecule has 66 heavy (non-hydrogen) atoms. The molecule has 0 atom stereocenters. The quantitative estimate of drug-likeness (QED) is 0.0660. The van der Waals surface area contributed by atoms with Crippen molar-refractivity contribution in [3.05, 3.63) is 195 Å². The summed E-state index contributed by atoms with van der Waals surface area (Å²) in [7, 11) is 0. The molecular formula is C62H62N2O2. The van der Waals surface area contributed by atoms with Crippen molar-refractivity contribution in [3.8, 4) is 22.3 Å². The largest absolute Gasteiger partial charge is 0.871 e. The Bertz CT molecular complexity index is 2970. The van der Waals surface area contributed by atoms with Crippen LogP contribution in [0.1, 0.15) is 126 Å². The predicted molar refractivity (Wildman–Crippen MR) is 273 cm³/mol. The molecule has 4 heteroatoms. The maximum absolute atomic E-state index is 13.8. The number of carbonyl (C=O) groups excluding carboxylic acids is 1. The maximum Gasteiger partial charge on any atom is 0.209 e. The third-order valence-electron chi connectivity index (χ3n) is 15.3. The van der Waals surface area contributed by atoms with Crippen LogP contribution in [0.4, 0.5) is 22.7 Å². The molecule has 1 aliphatic heterocycles. The van der Waals surface area contributed by atoms with E-state index in [0.717, 1.165) is 41.3 Å². The highest BCUT2D eigenvalue weighted by Crippen LogP contribution is 2.53. The van der Waals surface area contributed by atoms with Gasteiger partial charge in [-0.1, -0.05) is 163 Å². The molecule has 0 spiro atoms. The zero-order chi connectivity index (χ0) is 46.1. The summed E-state index contributed by atoms with van der Waals surface area (Å²) in [5.41, 5.74) is 19.3. The molecular weight excluding hydrogens is 805 g/mol. The molecule has 0 aromatic heterocycles. The van der Waals surface area contributed by atoms with Crippen LogP contribution in [0.15, 0.2) is 156 Å². The first-order chi connectivity index (χ1) is 31.7. The van der Waals surface area contributed by atoms with E-state index in [1.165, 1.54) is 93.4 Å². The van der Waals surface area contributed by atoms with Gasteiger partial charge in [0.05, 0.1) is 5.41 Å². The number of fused-ring (bicyclic) bond motifs is 7. The molecule has 6 aromatic carbocycles. The van der Waals surface area contributed by atoms with Gasteiger partial charge in [0.2, 0.25) is 5.69 Å². The molecule has 0 N–H and O–H groups in total. The lowest BCUT2D eigenvalue weighted by Gasteiger charge is -2.30. The van der Waals surface area contributed by atoms with Gasteiger partial charge in [-0.15, -0.1) is 0 Å². The maximum atomic E-state index is 13.8. The lowest BCUT2D eigenvalue weighted by Crippen LogP contribution is -2.34. The van der Waals surface area contributed by atoms with Gasteiger partial charge in [0, 0.05) is 63.2 Å². The summed E-state index contributed by atoms with van der Waals surface area (Å²) in [5, 5.41) is 13.8. The first kappa shape index (κ1) is 43.4. The van der Waals surface area contributed by atoms with E-state index < -0.39 is 0 Å². The normalized spacial score (nSPS) is 17.5. The summed E-state index contributed by atoms with van der Waals surface area (Å²) >= 11 is 0. The number of nitrogens with zero attached hydrogens (tertiary/aromatic N) is 2. The van der Waals surface area contributed by atoms with Gasteiger partial charge in [0.1, 0.15) is 6.54 Å². The lowest BCUT2D eigenvalue weighted by atomic mass is 9.78. The summed E-state index contributed by atoms with van der Waals surface area (Å²) in [5.74, 6) is -0.366. The highest BCUT2D eigenvalue weighted by Gasteiger charge is 2.45. The number of Topliss-reactive ketones (excluding diaryl/α,β-unsaturated/α-hetero) is 1. The van der Waals surface area contributed by atoms with Gasteiger partial charge in [0.25, 0.3) is 0 Å². The van der Waals surface area contributed by atoms with Gasteiger partial charge in [-0.2, -0.15) is 4.58 Å². The number of allylic oxidation sites excluding steroid dienone is 4. The second-order valence-corrected chi connectivity index (χ2v) is 20.6. The number of hydrogen-bond donors (Lipinski definition) is 0. The van der Waals surface area contributed by atoms with E-state index in [2.05, 4.69) is 192 Å². The van der Waals surface area contributed by atoms with Crippen molar-refractivity contribution in [3.63, 3.8) is 0 Å². The van der Waals surface area contributed by atoms with Crippen LogP contribution in [0.25, 0.3) is 28.3 Å². The Labute approximate surface area is 392 Å². The van der Waals surface area contributed by atoms with Crippen molar-refractivity contribution in [1.29, 1.82) is 0 Å². The van der Waals surface area contributed by atoms with Gasteiger partial charge in [0.15, 0.2) is 11.5 Å². The van der Waals surface area contributed by atoms with Crippen LogP contribution in [-0.4, -0.2) is 22.6 Å². The van der Waals surface area contributed by atoms with E-state index in [0.29, 0.717) is 0 Å². The molecule has 0 amide bonds. The summed E-state index contributed by atoms with van der Waals surface area (Å²) < 4.78 is 2.37. The zero-order valence-corrected chi connectivity index (χ0v) is 40.0. The minimum atomic E-state index is -0.333. The van der Waals surface area contributed by atoms with Crippen molar-refractivity contribution in [2.24, 2.45) is 0 Å². The second kappa shape index (κ2) is 16.4. The minimum absolute atomic E-state index is 0.143. The van der Waals surface area contributed by atoms with Gasteiger partial charge in [-0.3, -0.25) is 4.79 Å². The minimum Gasteiger partial charge on any atom is -0.871 e. The third-order valence-corrected chi connectivity index (χ3v) is 15.3. The summed E-state index contributed by atoms with van der Waals surface area (Å²) in [6.07, 6.45) is 12.8. The summed E-state index contributed by atoms with van der Waals surface area (Å²) in [4.78, 5) is 16.2. The standard InChI is InChI=1S/C62H62N2O2/c1-9-10-11-12-13-18-35-63-56-34-23-40(2)36-55(56)62(7,8)57(63)39-50-58(65)49(59(50)66)31-26-41-24-27-42(28-25-41)64(43-29-32-47-45-19-14-16-21-51(45)60(3,4)53(47)37-43)44-30-33-48-46-20-15-17-22-52(46)61(5,6)54(48)38-44/h14-17,19-34,36-39H,9-13,18,35H2,1-8H3. The Kier molecular flexibility index (Phi) is 10.8. The van der Waals surface area contributed by atoms with Gasteiger partial charge in [-0.25, -0.2) is 0 Å². The molecule has 6 aromatic rings. The topological polar surface area (TPSA) is 46.4 Å². The highest BCUT2D eigenvalue weighted by molar-refractivity contribution is 6.24.